The fraction of sp³-hybridized carbons (Fsp3) is 0.316. The second-order valence-corrected chi connectivity index (χ2v) is 5.63. The van der Waals surface area contributed by atoms with Gasteiger partial charge in [0.1, 0.15) is 0 Å². The number of hydrogen-bond acceptors (Lipinski definition) is 2. The van der Waals surface area contributed by atoms with Crippen LogP contribution in [-0.4, -0.2) is 25.5 Å². The first kappa shape index (κ1) is 14.8. The highest BCUT2D eigenvalue weighted by atomic mass is 16.1. The van der Waals surface area contributed by atoms with Gasteiger partial charge in [-0.05, 0) is 22.3 Å². The van der Waals surface area contributed by atoms with Crippen molar-refractivity contribution in [2.45, 2.75) is 19.3 Å². The molecular weight excluding hydrogens is 272 g/mol. The standard InChI is InChI=1S/C19H22N2O/c1-2-19(22)21-12-11-20-13-18-16-9-5-3-7-14(16)15-8-4-6-10-17(15)18/h3-10,18,20H,2,11-13H2,1H3,(H,21,22). The largest absolute Gasteiger partial charge is 0.355 e. The van der Waals surface area contributed by atoms with E-state index in [2.05, 4.69) is 59.2 Å². The summed E-state index contributed by atoms with van der Waals surface area (Å²) in [7, 11) is 0. The van der Waals surface area contributed by atoms with Crippen molar-refractivity contribution in [3.05, 3.63) is 59.7 Å². The van der Waals surface area contributed by atoms with Gasteiger partial charge in [-0.2, -0.15) is 0 Å². The molecule has 0 aromatic heterocycles. The molecule has 3 heteroatoms. The molecule has 3 rings (SSSR count). The molecule has 0 heterocycles. The molecule has 0 spiro atoms. The minimum atomic E-state index is 0.110. The molecule has 1 aliphatic rings. The summed E-state index contributed by atoms with van der Waals surface area (Å²) in [6, 6.07) is 17.3. The molecule has 1 amide bonds. The Morgan fingerprint density at radius 2 is 1.55 bits per heavy atom. The van der Waals surface area contributed by atoms with Crippen molar-refractivity contribution < 1.29 is 4.79 Å². The predicted octanol–water partition coefficient (Wildman–Crippen LogP) is 2.91. The zero-order chi connectivity index (χ0) is 15.4. The van der Waals surface area contributed by atoms with Gasteiger partial charge in [0, 0.05) is 32.0 Å². The summed E-state index contributed by atoms with van der Waals surface area (Å²) in [6.45, 7) is 4.25. The van der Waals surface area contributed by atoms with Gasteiger partial charge in [-0.15, -0.1) is 0 Å². The van der Waals surface area contributed by atoms with Gasteiger partial charge < -0.3 is 10.6 Å². The molecule has 0 atom stereocenters. The molecule has 0 fully saturated rings. The number of benzene rings is 2. The maximum Gasteiger partial charge on any atom is 0.219 e. The second kappa shape index (κ2) is 6.75. The summed E-state index contributed by atoms with van der Waals surface area (Å²) in [6.07, 6.45) is 0.545. The van der Waals surface area contributed by atoms with Crippen LogP contribution in [0.5, 0.6) is 0 Å². The van der Waals surface area contributed by atoms with E-state index in [-0.39, 0.29) is 5.91 Å². The maximum atomic E-state index is 11.2. The van der Waals surface area contributed by atoms with Crippen LogP contribution in [0.4, 0.5) is 0 Å². The molecule has 22 heavy (non-hydrogen) atoms. The van der Waals surface area contributed by atoms with Crippen LogP contribution in [0.1, 0.15) is 30.4 Å². The van der Waals surface area contributed by atoms with Gasteiger partial charge in [0.2, 0.25) is 5.91 Å². The highest BCUT2D eigenvalue weighted by molar-refractivity contribution is 5.78. The van der Waals surface area contributed by atoms with Gasteiger partial charge in [-0.3, -0.25) is 4.79 Å². The zero-order valence-corrected chi connectivity index (χ0v) is 12.9. The quantitative estimate of drug-likeness (QED) is 0.804. The van der Waals surface area contributed by atoms with Crippen molar-refractivity contribution in [3.63, 3.8) is 0 Å². The Balaban J connectivity index is 1.65. The number of fused-ring (bicyclic) bond motifs is 3. The summed E-state index contributed by atoms with van der Waals surface area (Å²) in [4.78, 5) is 11.2. The summed E-state index contributed by atoms with van der Waals surface area (Å²) < 4.78 is 0. The van der Waals surface area contributed by atoms with Crippen molar-refractivity contribution in [3.8, 4) is 11.1 Å². The van der Waals surface area contributed by atoms with Crippen molar-refractivity contribution in [1.82, 2.24) is 10.6 Å². The average Bonchev–Trinajstić information content (AvgIpc) is 2.89. The van der Waals surface area contributed by atoms with Crippen molar-refractivity contribution >= 4 is 5.91 Å². The van der Waals surface area contributed by atoms with Crippen LogP contribution < -0.4 is 10.6 Å². The van der Waals surface area contributed by atoms with E-state index in [1.807, 2.05) is 6.92 Å². The molecule has 0 radical (unpaired) electrons. The number of rotatable bonds is 6. The van der Waals surface area contributed by atoms with Crippen molar-refractivity contribution in [2.24, 2.45) is 0 Å². The lowest BCUT2D eigenvalue weighted by molar-refractivity contribution is -0.120. The van der Waals surface area contributed by atoms with E-state index in [0.717, 1.165) is 13.1 Å². The fourth-order valence-electron chi connectivity index (χ4n) is 3.14. The van der Waals surface area contributed by atoms with Crippen LogP contribution in [0.15, 0.2) is 48.5 Å². The summed E-state index contributed by atoms with van der Waals surface area (Å²) >= 11 is 0. The van der Waals surface area contributed by atoms with E-state index in [1.54, 1.807) is 0 Å². The van der Waals surface area contributed by atoms with Crippen LogP contribution in [-0.2, 0) is 4.79 Å². The smallest absolute Gasteiger partial charge is 0.219 e. The van der Waals surface area contributed by atoms with Gasteiger partial charge >= 0.3 is 0 Å². The first-order chi connectivity index (χ1) is 10.8. The maximum absolute atomic E-state index is 11.2. The molecule has 3 nitrogen and oxygen atoms in total. The normalized spacial score (nSPS) is 12.8. The molecule has 0 saturated heterocycles. The van der Waals surface area contributed by atoms with Crippen LogP contribution in [0.2, 0.25) is 0 Å². The van der Waals surface area contributed by atoms with Gasteiger partial charge in [0.25, 0.3) is 0 Å². The van der Waals surface area contributed by atoms with E-state index >= 15 is 0 Å². The molecule has 0 bridgehead atoms. The minimum Gasteiger partial charge on any atom is -0.355 e. The third kappa shape index (κ3) is 2.90. The van der Waals surface area contributed by atoms with E-state index in [0.29, 0.717) is 18.9 Å². The first-order valence-corrected chi connectivity index (χ1v) is 7.97. The Hall–Kier alpha value is -2.13. The molecule has 0 saturated carbocycles. The predicted molar refractivity (Wildman–Crippen MR) is 89.9 cm³/mol. The van der Waals surface area contributed by atoms with Gasteiger partial charge in [-0.25, -0.2) is 0 Å². The molecule has 2 N–H and O–H groups in total. The Morgan fingerprint density at radius 1 is 0.955 bits per heavy atom. The van der Waals surface area contributed by atoms with E-state index in [4.69, 9.17) is 0 Å². The number of amides is 1. The highest BCUT2D eigenvalue weighted by Gasteiger charge is 2.27. The zero-order valence-electron chi connectivity index (χ0n) is 12.9. The lowest BCUT2D eigenvalue weighted by Crippen LogP contribution is -2.33. The Bertz CT molecular complexity index is 620. The topological polar surface area (TPSA) is 41.1 Å². The van der Waals surface area contributed by atoms with Crippen molar-refractivity contribution in [1.29, 1.82) is 0 Å². The first-order valence-electron chi connectivity index (χ1n) is 7.97. The Labute approximate surface area is 131 Å². The fourth-order valence-corrected chi connectivity index (χ4v) is 3.14. The monoisotopic (exact) mass is 294 g/mol. The van der Waals surface area contributed by atoms with Crippen LogP contribution in [0.3, 0.4) is 0 Å². The average molecular weight is 294 g/mol. The molecule has 0 aliphatic heterocycles. The molecule has 0 unspecified atom stereocenters. The lowest BCUT2D eigenvalue weighted by Gasteiger charge is -2.15. The minimum absolute atomic E-state index is 0.110. The second-order valence-electron chi connectivity index (χ2n) is 5.63. The van der Waals surface area contributed by atoms with Gasteiger partial charge in [0.05, 0.1) is 0 Å². The molecule has 114 valence electrons. The number of nitrogens with one attached hydrogen (secondary N) is 2. The number of hydrogen-bond donors (Lipinski definition) is 2. The summed E-state index contributed by atoms with van der Waals surface area (Å²) in [5, 5.41) is 6.37. The van der Waals surface area contributed by atoms with E-state index in [9.17, 15) is 4.79 Å². The third-order valence-corrected chi connectivity index (χ3v) is 4.26. The molecule has 2 aromatic rings. The van der Waals surface area contributed by atoms with Crippen LogP contribution in [0, 0.1) is 0 Å². The number of carbonyl (C=O) groups excluding carboxylic acids is 1. The third-order valence-electron chi connectivity index (χ3n) is 4.26. The Kier molecular flexibility index (Phi) is 4.54. The van der Waals surface area contributed by atoms with E-state index < -0.39 is 0 Å². The molecular formula is C19H22N2O. The van der Waals surface area contributed by atoms with Crippen molar-refractivity contribution in [2.75, 3.05) is 19.6 Å². The highest BCUT2D eigenvalue weighted by Crippen LogP contribution is 2.43. The summed E-state index contributed by atoms with van der Waals surface area (Å²) in [5.74, 6) is 0.507. The van der Waals surface area contributed by atoms with Crippen LogP contribution >= 0.6 is 0 Å². The van der Waals surface area contributed by atoms with E-state index in [1.165, 1.54) is 22.3 Å². The van der Waals surface area contributed by atoms with Gasteiger partial charge in [-0.1, -0.05) is 55.5 Å². The number of carbonyl (C=O) groups is 1. The molecule has 2 aromatic carbocycles. The SMILES string of the molecule is CCC(=O)NCCNCC1c2ccccc2-c2ccccc21. The summed E-state index contributed by atoms with van der Waals surface area (Å²) in [5.41, 5.74) is 5.50. The van der Waals surface area contributed by atoms with Gasteiger partial charge in [0.15, 0.2) is 0 Å². The lowest BCUT2D eigenvalue weighted by atomic mass is 9.97. The van der Waals surface area contributed by atoms with Crippen LogP contribution in [0.25, 0.3) is 11.1 Å². The molecule has 1 aliphatic carbocycles. The Morgan fingerprint density at radius 3 is 2.14 bits per heavy atom.